The van der Waals surface area contributed by atoms with E-state index in [1.165, 1.54) is 12.1 Å². The molecule has 0 bridgehead atoms. The molecule has 0 saturated carbocycles. The minimum atomic E-state index is -4.31. The standard InChI is InChI=1S/C19H29F3N4O.HI/c1-15(16-4-2-5-17(14-16)19(20,21)22)6-8-25-18(23)24-7-3-9-26-10-12-27-13-11-26;/h2,4-5,14-15H,3,6-13H2,1H3,(H3,23,24,25);1H. The highest BCUT2D eigenvalue weighted by Crippen LogP contribution is 2.31. The van der Waals surface area contributed by atoms with Crippen LogP contribution < -0.4 is 11.1 Å². The van der Waals surface area contributed by atoms with E-state index in [-0.39, 0.29) is 29.9 Å². The first-order valence-electron chi connectivity index (χ1n) is 9.37. The van der Waals surface area contributed by atoms with E-state index in [9.17, 15) is 13.2 Å². The van der Waals surface area contributed by atoms with Gasteiger partial charge in [0.25, 0.3) is 0 Å². The van der Waals surface area contributed by atoms with Crippen LogP contribution in [0.25, 0.3) is 0 Å². The maximum absolute atomic E-state index is 12.8. The van der Waals surface area contributed by atoms with Crippen LogP contribution in [0.1, 0.15) is 36.8 Å². The van der Waals surface area contributed by atoms with E-state index in [1.54, 1.807) is 6.07 Å². The Bertz CT molecular complexity index is 607. The van der Waals surface area contributed by atoms with Crippen LogP contribution in [0.15, 0.2) is 29.3 Å². The number of benzene rings is 1. The summed E-state index contributed by atoms with van der Waals surface area (Å²) in [6.45, 7) is 7.61. The first-order valence-corrected chi connectivity index (χ1v) is 9.37. The van der Waals surface area contributed by atoms with Gasteiger partial charge in [0.1, 0.15) is 0 Å². The maximum Gasteiger partial charge on any atom is 0.416 e. The lowest BCUT2D eigenvalue weighted by Crippen LogP contribution is -2.37. The summed E-state index contributed by atoms with van der Waals surface area (Å²) in [5.41, 5.74) is 5.92. The number of rotatable bonds is 8. The van der Waals surface area contributed by atoms with Crippen molar-refractivity contribution < 1.29 is 17.9 Å². The van der Waals surface area contributed by atoms with Crippen molar-refractivity contribution in [1.82, 2.24) is 10.2 Å². The molecule has 1 aliphatic heterocycles. The average molecular weight is 514 g/mol. The van der Waals surface area contributed by atoms with Crippen molar-refractivity contribution in [3.05, 3.63) is 35.4 Å². The molecule has 0 amide bonds. The number of guanidine groups is 1. The van der Waals surface area contributed by atoms with Crippen LogP contribution in [0.5, 0.6) is 0 Å². The summed E-state index contributed by atoms with van der Waals surface area (Å²) in [6.07, 6.45) is -2.71. The number of halogens is 4. The maximum atomic E-state index is 12.8. The molecule has 28 heavy (non-hydrogen) atoms. The van der Waals surface area contributed by atoms with E-state index < -0.39 is 11.7 Å². The van der Waals surface area contributed by atoms with Crippen molar-refractivity contribution in [1.29, 1.82) is 0 Å². The molecule has 2 rings (SSSR count). The quantitative estimate of drug-likeness (QED) is 0.242. The monoisotopic (exact) mass is 514 g/mol. The van der Waals surface area contributed by atoms with Gasteiger partial charge in [-0.3, -0.25) is 9.89 Å². The van der Waals surface area contributed by atoms with Crippen LogP contribution in [0.2, 0.25) is 0 Å². The fourth-order valence-electron chi connectivity index (χ4n) is 2.98. The Morgan fingerprint density at radius 3 is 2.71 bits per heavy atom. The molecule has 1 fully saturated rings. The summed E-state index contributed by atoms with van der Waals surface area (Å²) in [5, 5.41) is 3.04. The summed E-state index contributed by atoms with van der Waals surface area (Å²) < 4.78 is 43.7. The summed E-state index contributed by atoms with van der Waals surface area (Å²) in [4.78, 5) is 6.65. The highest BCUT2D eigenvalue weighted by molar-refractivity contribution is 14.0. The molecule has 1 aliphatic rings. The molecule has 1 saturated heterocycles. The number of morpholine rings is 1. The van der Waals surface area contributed by atoms with E-state index in [0.717, 1.165) is 45.3 Å². The molecule has 0 radical (unpaired) electrons. The normalized spacial score (nSPS) is 17.1. The highest BCUT2D eigenvalue weighted by Gasteiger charge is 2.30. The zero-order chi connectivity index (χ0) is 19.7. The van der Waals surface area contributed by atoms with Crippen LogP contribution in [-0.2, 0) is 10.9 Å². The van der Waals surface area contributed by atoms with Crippen LogP contribution in [0.3, 0.4) is 0 Å². The molecule has 9 heteroatoms. The van der Waals surface area contributed by atoms with Gasteiger partial charge in [-0.1, -0.05) is 25.1 Å². The SMILES string of the molecule is CC(CCNC(N)=NCCCN1CCOCC1)c1cccc(C(F)(F)F)c1.I. The van der Waals surface area contributed by atoms with Gasteiger partial charge in [0.05, 0.1) is 18.8 Å². The van der Waals surface area contributed by atoms with Crippen molar-refractivity contribution in [2.45, 2.75) is 31.9 Å². The predicted molar refractivity (Wildman–Crippen MR) is 116 cm³/mol. The Kier molecular flexibility index (Phi) is 11.1. The van der Waals surface area contributed by atoms with Crippen molar-refractivity contribution >= 4 is 29.9 Å². The Morgan fingerprint density at radius 2 is 2.04 bits per heavy atom. The number of alkyl halides is 3. The van der Waals surface area contributed by atoms with Gasteiger partial charge in [0, 0.05) is 32.7 Å². The van der Waals surface area contributed by atoms with Crippen molar-refractivity contribution in [3.63, 3.8) is 0 Å². The minimum Gasteiger partial charge on any atom is -0.379 e. The van der Waals surface area contributed by atoms with Gasteiger partial charge >= 0.3 is 6.18 Å². The molecule has 1 aromatic rings. The fourth-order valence-corrected chi connectivity index (χ4v) is 2.98. The van der Waals surface area contributed by atoms with Crippen LogP contribution >= 0.6 is 24.0 Å². The van der Waals surface area contributed by atoms with Gasteiger partial charge in [-0.2, -0.15) is 13.2 Å². The third-order valence-corrected chi connectivity index (χ3v) is 4.68. The number of nitrogens with one attached hydrogen (secondary N) is 1. The molecule has 5 nitrogen and oxygen atoms in total. The lowest BCUT2D eigenvalue weighted by Gasteiger charge is -2.26. The largest absolute Gasteiger partial charge is 0.416 e. The fraction of sp³-hybridized carbons (Fsp3) is 0.632. The molecule has 0 spiro atoms. The molecule has 160 valence electrons. The highest BCUT2D eigenvalue weighted by atomic mass is 127. The summed E-state index contributed by atoms with van der Waals surface area (Å²) in [5.74, 6) is 0.377. The zero-order valence-electron chi connectivity index (χ0n) is 16.2. The van der Waals surface area contributed by atoms with Gasteiger partial charge in [-0.05, 0) is 30.4 Å². The average Bonchev–Trinajstić information content (AvgIpc) is 2.65. The Morgan fingerprint density at radius 1 is 1.32 bits per heavy atom. The van der Waals surface area contributed by atoms with Gasteiger partial charge in [0.15, 0.2) is 5.96 Å². The molecule has 1 atom stereocenters. The van der Waals surface area contributed by atoms with Crippen LogP contribution in [0.4, 0.5) is 13.2 Å². The number of ether oxygens (including phenoxy) is 1. The van der Waals surface area contributed by atoms with E-state index in [0.29, 0.717) is 31.0 Å². The lowest BCUT2D eigenvalue weighted by molar-refractivity contribution is -0.137. The van der Waals surface area contributed by atoms with E-state index in [4.69, 9.17) is 10.5 Å². The lowest BCUT2D eigenvalue weighted by atomic mass is 9.96. The molecule has 1 unspecified atom stereocenters. The second-order valence-corrected chi connectivity index (χ2v) is 6.81. The van der Waals surface area contributed by atoms with E-state index >= 15 is 0 Å². The summed E-state index contributed by atoms with van der Waals surface area (Å²) >= 11 is 0. The third-order valence-electron chi connectivity index (χ3n) is 4.68. The van der Waals surface area contributed by atoms with E-state index in [1.807, 2.05) is 6.92 Å². The van der Waals surface area contributed by atoms with Gasteiger partial charge in [-0.25, -0.2) is 0 Å². The molecule has 3 N–H and O–H groups in total. The third kappa shape index (κ3) is 8.95. The topological polar surface area (TPSA) is 62.9 Å². The van der Waals surface area contributed by atoms with Gasteiger partial charge < -0.3 is 15.8 Å². The second kappa shape index (κ2) is 12.5. The molecule has 0 aromatic heterocycles. The van der Waals surface area contributed by atoms with Crippen molar-refractivity contribution in [2.75, 3.05) is 45.9 Å². The smallest absolute Gasteiger partial charge is 0.379 e. The van der Waals surface area contributed by atoms with Crippen LogP contribution in [0, 0.1) is 0 Å². The summed E-state index contributed by atoms with van der Waals surface area (Å²) in [7, 11) is 0. The molecule has 1 heterocycles. The van der Waals surface area contributed by atoms with Crippen LogP contribution in [-0.4, -0.2) is 56.8 Å². The Labute approximate surface area is 181 Å². The first kappa shape index (κ1) is 25.0. The Balaban J connectivity index is 0.00000392. The Hall–Kier alpha value is -1.07. The number of nitrogens with two attached hydrogens (primary N) is 1. The number of aliphatic imine (C=N–C) groups is 1. The zero-order valence-corrected chi connectivity index (χ0v) is 18.5. The first-order chi connectivity index (χ1) is 12.9. The number of nitrogens with zero attached hydrogens (tertiary/aromatic N) is 2. The van der Waals surface area contributed by atoms with Gasteiger partial charge in [0.2, 0.25) is 0 Å². The van der Waals surface area contributed by atoms with Crippen molar-refractivity contribution in [3.8, 4) is 0 Å². The molecular weight excluding hydrogens is 484 g/mol. The van der Waals surface area contributed by atoms with Gasteiger partial charge in [-0.15, -0.1) is 24.0 Å². The molecule has 1 aromatic carbocycles. The number of hydrogen-bond donors (Lipinski definition) is 2. The van der Waals surface area contributed by atoms with Crippen molar-refractivity contribution in [2.24, 2.45) is 10.7 Å². The van der Waals surface area contributed by atoms with E-state index in [2.05, 4.69) is 15.2 Å². The molecular formula is C19H30F3IN4O. The summed E-state index contributed by atoms with van der Waals surface area (Å²) in [6, 6.07) is 5.49. The predicted octanol–water partition coefficient (Wildman–Crippen LogP) is 3.44. The molecule has 0 aliphatic carbocycles. The minimum absolute atomic E-state index is 0. The number of hydrogen-bond acceptors (Lipinski definition) is 3. The second-order valence-electron chi connectivity index (χ2n) is 6.81.